The third kappa shape index (κ3) is 1.99. The largest absolute Gasteiger partial charge is 0.494 e. The van der Waals surface area contributed by atoms with E-state index >= 15 is 0 Å². The first kappa shape index (κ1) is 13.2. The molecule has 1 heterocycles. The van der Waals surface area contributed by atoms with E-state index in [2.05, 4.69) is 25.8 Å². The Morgan fingerprint density at radius 2 is 1.95 bits per heavy atom. The second-order valence-corrected chi connectivity index (χ2v) is 5.48. The van der Waals surface area contributed by atoms with E-state index in [1.54, 1.807) is 7.11 Å². The standard InChI is InChI=1S/C13H19N5O/c1-13(2,3)7-5-6-8(19-4)10-9(7)11(14)18(16)12(15)17-10/h5-6,14H,16H2,1-4H3,(H2,15,17). The Labute approximate surface area is 111 Å². The van der Waals surface area contributed by atoms with Crippen molar-refractivity contribution in [3.05, 3.63) is 23.2 Å². The molecule has 0 amide bonds. The Bertz CT molecular complexity index is 697. The van der Waals surface area contributed by atoms with Crippen LogP contribution in [0.1, 0.15) is 26.3 Å². The summed E-state index contributed by atoms with van der Waals surface area (Å²) < 4.78 is 6.37. The number of rotatable bonds is 1. The first-order valence-electron chi connectivity index (χ1n) is 5.96. The lowest BCUT2D eigenvalue weighted by atomic mass is 9.84. The highest BCUT2D eigenvalue weighted by Crippen LogP contribution is 2.32. The molecule has 0 radical (unpaired) electrons. The maximum atomic E-state index is 8.18. The predicted molar refractivity (Wildman–Crippen MR) is 75.4 cm³/mol. The molecule has 6 nitrogen and oxygen atoms in total. The minimum atomic E-state index is -0.134. The maximum Gasteiger partial charge on any atom is 0.221 e. The average molecular weight is 261 g/mol. The molecule has 6 heteroatoms. The molecule has 19 heavy (non-hydrogen) atoms. The number of benzene rings is 1. The number of hydrogen-bond acceptors (Lipinski definition) is 5. The summed E-state index contributed by atoms with van der Waals surface area (Å²) in [6, 6.07) is 3.78. The van der Waals surface area contributed by atoms with Crippen molar-refractivity contribution in [2.75, 3.05) is 18.7 Å². The van der Waals surface area contributed by atoms with Gasteiger partial charge < -0.3 is 16.3 Å². The molecule has 1 aromatic heterocycles. The highest BCUT2D eigenvalue weighted by atomic mass is 16.5. The third-order valence-corrected chi connectivity index (χ3v) is 3.12. The molecule has 2 aromatic rings. The summed E-state index contributed by atoms with van der Waals surface area (Å²) in [6.07, 6.45) is 0. The summed E-state index contributed by atoms with van der Waals surface area (Å²) in [4.78, 5) is 4.25. The van der Waals surface area contributed by atoms with Gasteiger partial charge in [0, 0.05) is 0 Å². The van der Waals surface area contributed by atoms with Crippen LogP contribution in [-0.2, 0) is 5.41 Å². The number of nitrogens with two attached hydrogens (primary N) is 2. The Kier molecular flexibility index (Phi) is 2.88. The molecule has 0 bridgehead atoms. The molecule has 0 unspecified atom stereocenters. The van der Waals surface area contributed by atoms with Gasteiger partial charge in [-0.1, -0.05) is 26.8 Å². The van der Waals surface area contributed by atoms with Crippen LogP contribution in [0.3, 0.4) is 0 Å². The highest BCUT2D eigenvalue weighted by Gasteiger charge is 2.21. The second-order valence-electron chi connectivity index (χ2n) is 5.48. The van der Waals surface area contributed by atoms with E-state index in [0.29, 0.717) is 16.7 Å². The molecule has 0 atom stereocenters. The van der Waals surface area contributed by atoms with Crippen molar-refractivity contribution in [2.45, 2.75) is 26.2 Å². The van der Waals surface area contributed by atoms with Crippen LogP contribution in [-0.4, -0.2) is 16.8 Å². The van der Waals surface area contributed by atoms with E-state index in [-0.39, 0.29) is 16.9 Å². The van der Waals surface area contributed by atoms with Gasteiger partial charge in [0.1, 0.15) is 11.3 Å². The van der Waals surface area contributed by atoms with Gasteiger partial charge in [0.15, 0.2) is 5.49 Å². The van der Waals surface area contributed by atoms with Gasteiger partial charge in [0.05, 0.1) is 12.5 Å². The molecule has 2 rings (SSSR count). The summed E-state index contributed by atoms with van der Waals surface area (Å²) in [5, 5.41) is 8.85. The summed E-state index contributed by atoms with van der Waals surface area (Å²) in [7, 11) is 1.57. The normalized spacial score (nSPS) is 11.8. The fraction of sp³-hybridized carbons (Fsp3) is 0.385. The predicted octanol–water partition coefficient (Wildman–Crippen LogP) is 1.12. The number of nitrogens with zero attached hydrogens (tertiary/aromatic N) is 2. The lowest BCUT2D eigenvalue weighted by Crippen LogP contribution is -2.32. The fourth-order valence-electron chi connectivity index (χ4n) is 2.12. The van der Waals surface area contributed by atoms with Gasteiger partial charge in [0.2, 0.25) is 5.95 Å². The molecular weight excluding hydrogens is 242 g/mol. The zero-order chi connectivity index (χ0) is 14.4. The van der Waals surface area contributed by atoms with Crippen LogP contribution >= 0.6 is 0 Å². The first-order valence-corrected chi connectivity index (χ1v) is 5.96. The van der Waals surface area contributed by atoms with Crippen molar-refractivity contribution in [2.24, 2.45) is 0 Å². The number of anilines is 1. The highest BCUT2D eigenvalue weighted by molar-refractivity contribution is 5.88. The van der Waals surface area contributed by atoms with Gasteiger partial charge in [-0.05, 0) is 17.0 Å². The van der Waals surface area contributed by atoms with Crippen LogP contribution in [0.25, 0.3) is 10.9 Å². The Morgan fingerprint density at radius 3 is 2.47 bits per heavy atom. The third-order valence-electron chi connectivity index (χ3n) is 3.12. The first-order chi connectivity index (χ1) is 8.77. The monoisotopic (exact) mass is 261 g/mol. The number of nitrogen functional groups attached to an aromatic ring is 2. The lowest BCUT2D eigenvalue weighted by molar-refractivity contribution is 0.418. The number of aromatic nitrogens is 2. The zero-order valence-corrected chi connectivity index (χ0v) is 11.6. The summed E-state index contributed by atoms with van der Waals surface area (Å²) in [6.45, 7) is 6.22. The van der Waals surface area contributed by atoms with E-state index in [9.17, 15) is 0 Å². The number of fused-ring (bicyclic) bond motifs is 1. The van der Waals surface area contributed by atoms with Crippen LogP contribution in [0, 0.1) is 5.41 Å². The van der Waals surface area contributed by atoms with E-state index in [4.69, 9.17) is 21.7 Å². The summed E-state index contributed by atoms with van der Waals surface area (Å²) in [5.74, 6) is 6.42. The molecule has 0 fully saturated rings. The lowest BCUT2D eigenvalue weighted by Gasteiger charge is -2.22. The van der Waals surface area contributed by atoms with Crippen LogP contribution in [0.15, 0.2) is 12.1 Å². The van der Waals surface area contributed by atoms with E-state index < -0.39 is 0 Å². The summed E-state index contributed by atoms with van der Waals surface area (Å²) in [5.41, 5.74) is 7.27. The van der Waals surface area contributed by atoms with Gasteiger partial charge in [-0.15, -0.1) is 0 Å². The molecule has 0 aliphatic heterocycles. The molecule has 0 saturated heterocycles. The molecule has 5 N–H and O–H groups in total. The molecule has 1 aromatic carbocycles. The molecule has 102 valence electrons. The number of nitrogens with one attached hydrogen (secondary N) is 1. The van der Waals surface area contributed by atoms with Crippen LogP contribution in [0.2, 0.25) is 0 Å². The van der Waals surface area contributed by atoms with Crippen LogP contribution in [0.5, 0.6) is 5.75 Å². The van der Waals surface area contributed by atoms with E-state index in [1.165, 1.54) is 0 Å². The van der Waals surface area contributed by atoms with Gasteiger partial charge in [-0.3, -0.25) is 5.41 Å². The van der Waals surface area contributed by atoms with Gasteiger partial charge in [-0.25, -0.2) is 9.66 Å². The van der Waals surface area contributed by atoms with E-state index in [0.717, 1.165) is 10.2 Å². The Morgan fingerprint density at radius 1 is 1.32 bits per heavy atom. The van der Waals surface area contributed by atoms with Crippen molar-refractivity contribution in [3.63, 3.8) is 0 Å². The van der Waals surface area contributed by atoms with Crippen molar-refractivity contribution >= 4 is 16.9 Å². The van der Waals surface area contributed by atoms with Crippen molar-refractivity contribution in [3.8, 4) is 5.75 Å². The summed E-state index contributed by atoms with van der Waals surface area (Å²) >= 11 is 0. The fourth-order valence-corrected chi connectivity index (χ4v) is 2.12. The minimum Gasteiger partial charge on any atom is -0.494 e. The molecule has 0 aliphatic carbocycles. The minimum absolute atomic E-state index is 0.0851. The van der Waals surface area contributed by atoms with E-state index in [1.807, 2.05) is 12.1 Å². The van der Waals surface area contributed by atoms with Gasteiger partial charge in [0.25, 0.3) is 0 Å². The van der Waals surface area contributed by atoms with Crippen molar-refractivity contribution < 1.29 is 4.74 Å². The number of methoxy groups -OCH3 is 1. The number of ether oxygens (including phenoxy) is 1. The van der Waals surface area contributed by atoms with Crippen LogP contribution < -0.4 is 21.8 Å². The van der Waals surface area contributed by atoms with Crippen molar-refractivity contribution in [1.29, 1.82) is 5.41 Å². The Balaban J connectivity index is 3.05. The molecule has 0 spiro atoms. The second kappa shape index (κ2) is 4.15. The molecule has 0 aliphatic rings. The zero-order valence-electron chi connectivity index (χ0n) is 11.6. The quantitative estimate of drug-likeness (QED) is 0.669. The average Bonchev–Trinajstić information content (AvgIpc) is 2.33. The smallest absolute Gasteiger partial charge is 0.221 e. The van der Waals surface area contributed by atoms with Crippen molar-refractivity contribution in [1.82, 2.24) is 9.66 Å². The van der Waals surface area contributed by atoms with Crippen LogP contribution in [0.4, 0.5) is 5.95 Å². The SMILES string of the molecule is COc1ccc(C(C)(C)C)c2c(=N)n(N)c(N)nc12. The maximum absolute atomic E-state index is 8.18. The Hall–Kier alpha value is -2.24. The van der Waals surface area contributed by atoms with Gasteiger partial charge >= 0.3 is 0 Å². The van der Waals surface area contributed by atoms with Gasteiger partial charge in [-0.2, -0.15) is 0 Å². The number of hydrogen-bond donors (Lipinski definition) is 3. The topological polar surface area (TPSA) is 103 Å². The molecular formula is C13H19N5O. The molecule has 0 saturated carbocycles.